The maximum atomic E-state index is 14.1. The summed E-state index contributed by atoms with van der Waals surface area (Å²) in [6, 6.07) is 13.4. The summed E-state index contributed by atoms with van der Waals surface area (Å²) in [5.41, 5.74) is 4.75. The first kappa shape index (κ1) is 19.7. The molecule has 0 radical (unpaired) electrons. The fraction of sp³-hybridized carbons (Fsp3) is 0.100. The van der Waals surface area contributed by atoms with Crippen LogP contribution >= 0.6 is 0 Å². The lowest BCUT2D eigenvalue weighted by atomic mass is 10.2. The van der Waals surface area contributed by atoms with E-state index in [2.05, 4.69) is 20.7 Å². The first-order valence-corrected chi connectivity index (χ1v) is 8.52. The van der Waals surface area contributed by atoms with Gasteiger partial charge in [0.05, 0.1) is 18.4 Å². The summed E-state index contributed by atoms with van der Waals surface area (Å²) in [5.74, 6) is -2.00. The van der Waals surface area contributed by atoms with Crippen molar-refractivity contribution < 1.29 is 18.7 Å². The van der Waals surface area contributed by atoms with Crippen LogP contribution in [0.1, 0.15) is 26.5 Å². The SMILES string of the molecule is COC(=O)c1ccccc1NNC(=O)c1nn(-c2ccccc2F)c(C)cc1=O. The van der Waals surface area contributed by atoms with Crippen LogP contribution in [0.5, 0.6) is 0 Å². The number of carbonyl (C=O) groups excluding carboxylic acids is 2. The lowest BCUT2D eigenvalue weighted by Crippen LogP contribution is -2.36. The zero-order chi connectivity index (χ0) is 21.0. The van der Waals surface area contributed by atoms with Gasteiger partial charge in [-0.3, -0.25) is 20.4 Å². The number of halogens is 1. The van der Waals surface area contributed by atoms with Crippen molar-refractivity contribution >= 4 is 17.6 Å². The van der Waals surface area contributed by atoms with E-state index in [0.717, 1.165) is 0 Å². The number of esters is 1. The van der Waals surface area contributed by atoms with Crippen LogP contribution < -0.4 is 16.3 Å². The van der Waals surface area contributed by atoms with Gasteiger partial charge in [-0.15, -0.1) is 0 Å². The highest BCUT2D eigenvalue weighted by atomic mass is 19.1. The van der Waals surface area contributed by atoms with Crippen molar-refractivity contribution in [3.05, 3.63) is 87.6 Å². The molecule has 3 rings (SSSR count). The van der Waals surface area contributed by atoms with Crippen molar-refractivity contribution in [2.24, 2.45) is 0 Å². The molecule has 148 valence electrons. The number of aryl methyl sites for hydroxylation is 1. The third-order valence-corrected chi connectivity index (χ3v) is 4.05. The summed E-state index contributed by atoms with van der Waals surface area (Å²) < 4.78 is 20.0. The predicted molar refractivity (Wildman–Crippen MR) is 103 cm³/mol. The third kappa shape index (κ3) is 4.13. The number of benzene rings is 2. The van der Waals surface area contributed by atoms with Gasteiger partial charge in [0.2, 0.25) is 5.43 Å². The molecule has 0 aliphatic rings. The molecule has 9 heteroatoms. The van der Waals surface area contributed by atoms with Crippen LogP contribution in [0, 0.1) is 12.7 Å². The zero-order valence-electron chi connectivity index (χ0n) is 15.6. The molecule has 0 saturated carbocycles. The van der Waals surface area contributed by atoms with Crippen LogP contribution in [0.3, 0.4) is 0 Å². The molecule has 0 spiro atoms. The standard InChI is InChI=1S/C20H17FN4O4/c1-12-11-17(26)18(24-25(12)16-10-6-4-8-14(16)21)19(27)23-22-15-9-5-3-7-13(15)20(28)29-2/h3-11,22H,1-2H3,(H,23,27). The number of methoxy groups -OCH3 is 1. The van der Waals surface area contributed by atoms with Crippen molar-refractivity contribution in [2.45, 2.75) is 6.92 Å². The first-order chi connectivity index (χ1) is 13.9. The van der Waals surface area contributed by atoms with Gasteiger partial charge in [-0.05, 0) is 31.2 Å². The Morgan fingerprint density at radius 2 is 1.79 bits per heavy atom. The van der Waals surface area contributed by atoms with Crippen molar-refractivity contribution in [3.8, 4) is 5.69 Å². The van der Waals surface area contributed by atoms with Gasteiger partial charge in [-0.25, -0.2) is 13.9 Å². The molecule has 0 fully saturated rings. The highest BCUT2D eigenvalue weighted by Gasteiger charge is 2.18. The average molecular weight is 396 g/mol. The monoisotopic (exact) mass is 396 g/mol. The summed E-state index contributed by atoms with van der Waals surface area (Å²) >= 11 is 0. The highest BCUT2D eigenvalue weighted by Crippen LogP contribution is 2.15. The predicted octanol–water partition coefficient (Wildman–Crippen LogP) is 2.22. The Hall–Kier alpha value is -4.01. The molecule has 2 aromatic carbocycles. The van der Waals surface area contributed by atoms with Gasteiger partial charge in [-0.2, -0.15) is 5.10 Å². The number of rotatable bonds is 5. The van der Waals surface area contributed by atoms with E-state index in [-0.39, 0.29) is 16.9 Å². The van der Waals surface area contributed by atoms with Crippen LogP contribution in [0.4, 0.5) is 10.1 Å². The molecule has 1 heterocycles. The number of anilines is 1. The van der Waals surface area contributed by atoms with Gasteiger partial charge < -0.3 is 4.74 Å². The molecule has 0 aliphatic carbocycles. The maximum absolute atomic E-state index is 14.1. The molecular weight excluding hydrogens is 379 g/mol. The lowest BCUT2D eigenvalue weighted by Gasteiger charge is -2.13. The number of hydrazine groups is 1. The second-order valence-corrected chi connectivity index (χ2v) is 5.98. The molecule has 0 saturated heterocycles. The van der Waals surface area contributed by atoms with Crippen LogP contribution in [-0.2, 0) is 4.74 Å². The van der Waals surface area contributed by atoms with E-state index in [1.165, 1.54) is 42.1 Å². The Bertz CT molecular complexity index is 1140. The van der Waals surface area contributed by atoms with Gasteiger partial charge in [-0.1, -0.05) is 24.3 Å². The van der Waals surface area contributed by atoms with Gasteiger partial charge >= 0.3 is 5.97 Å². The quantitative estimate of drug-likeness (QED) is 0.507. The number of aromatic nitrogens is 2. The van der Waals surface area contributed by atoms with E-state index in [4.69, 9.17) is 0 Å². The van der Waals surface area contributed by atoms with E-state index in [9.17, 15) is 18.8 Å². The van der Waals surface area contributed by atoms with Crippen LogP contribution in [-0.4, -0.2) is 28.8 Å². The summed E-state index contributed by atoms with van der Waals surface area (Å²) in [7, 11) is 1.24. The normalized spacial score (nSPS) is 10.3. The minimum atomic E-state index is -0.847. The molecule has 0 unspecified atom stereocenters. The smallest absolute Gasteiger partial charge is 0.340 e. The first-order valence-electron chi connectivity index (χ1n) is 8.52. The summed E-state index contributed by atoms with van der Waals surface area (Å²) in [4.78, 5) is 36.6. The van der Waals surface area contributed by atoms with E-state index in [0.29, 0.717) is 5.69 Å². The second-order valence-electron chi connectivity index (χ2n) is 5.98. The maximum Gasteiger partial charge on any atom is 0.340 e. The number of nitrogens with zero attached hydrogens (tertiary/aromatic N) is 2. The van der Waals surface area contributed by atoms with Crippen molar-refractivity contribution in [1.82, 2.24) is 15.2 Å². The van der Waals surface area contributed by atoms with Gasteiger partial charge in [0.15, 0.2) is 5.69 Å². The Labute approximate surface area is 164 Å². The Balaban J connectivity index is 1.89. The zero-order valence-corrected chi connectivity index (χ0v) is 15.6. The van der Waals surface area contributed by atoms with Crippen LogP contribution in [0.15, 0.2) is 59.4 Å². The minimum Gasteiger partial charge on any atom is -0.465 e. The topological polar surface area (TPSA) is 102 Å². The molecule has 3 aromatic rings. The Morgan fingerprint density at radius 1 is 1.10 bits per heavy atom. The molecule has 1 amide bonds. The Morgan fingerprint density at radius 3 is 2.52 bits per heavy atom. The fourth-order valence-corrected chi connectivity index (χ4v) is 2.64. The number of nitrogens with one attached hydrogen (secondary N) is 2. The van der Waals surface area contributed by atoms with Crippen molar-refractivity contribution in [2.75, 3.05) is 12.5 Å². The number of amides is 1. The minimum absolute atomic E-state index is 0.100. The molecule has 1 aromatic heterocycles. The summed E-state index contributed by atoms with van der Waals surface area (Å²) in [6.07, 6.45) is 0. The van der Waals surface area contributed by atoms with Crippen molar-refractivity contribution in [1.29, 1.82) is 0 Å². The summed E-state index contributed by atoms with van der Waals surface area (Å²) in [6.45, 7) is 1.58. The molecule has 8 nitrogen and oxygen atoms in total. The van der Waals surface area contributed by atoms with E-state index < -0.39 is 28.8 Å². The second kappa shape index (κ2) is 8.34. The Kier molecular flexibility index (Phi) is 5.68. The molecular formula is C20H17FN4O4. The number of ether oxygens (including phenoxy) is 1. The van der Waals surface area contributed by atoms with E-state index in [1.54, 1.807) is 31.2 Å². The number of carbonyl (C=O) groups is 2. The highest BCUT2D eigenvalue weighted by molar-refractivity contribution is 5.97. The van der Waals surface area contributed by atoms with Crippen LogP contribution in [0.25, 0.3) is 5.69 Å². The van der Waals surface area contributed by atoms with Gasteiger partial charge in [0.25, 0.3) is 5.91 Å². The number of para-hydroxylation sites is 2. The van der Waals surface area contributed by atoms with Crippen LogP contribution in [0.2, 0.25) is 0 Å². The molecule has 0 atom stereocenters. The number of hydrogen-bond acceptors (Lipinski definition) is 6. The molecule has 0 bridgehead atoms. The molecule has 2 N–H and O–H groups in total. The van der Waals surface area contributed by atoms with Gasteiger partial charge in [0, 0.05) is 11.8 Å². The molecule has 0 aliphatic heterocycles. The van der Waals surface area contributed by atoms with E-state index >= 15 is 0 Å². The number of hydrogen-bond donors (Lipinski definition) is 2. The molecule has 29 heavy (non-hydrogen) atoms. The van der Waals surface area contributed by atoms with Crippen molar-refractivity contribution in [3.63, 3.8) is 0 Å². The van der Waals surface area contributed by atoms with Gasteiger partial charge in [0.1, 0.15) is 11.5 Å². The third-order valence-electron chi connectivity index (χ3n) is 4.05. The van der Waals surface area contributed by atoms with E-state index in [1.807, 2.05) is 0 Å². The lowest BCUT2D eigenvalue weighted by molar-refractivity contribution is 0.0601. The summed E-state index contributed by atoms with van der Waals surface area (Å²) in [5, 5.41) is 4.01. The largest absolute Gasteiger partial charge is 0.465 e. The average Bonchev–Trinajstić information content (AvgIpc) is 2.72. The fourth-order valence-electron chi connectivity index (χ4n) is 2.64.